The van der Waals surface area contributed by atoms with Crippen LogP contribution in [0.4, 0.5) is 16.2 Å². The first-order valence-corrected chi connectivity index (χ1v) is 8.84. The third-order valence-electron chi connectivity index (χ3n) is 3.30. The van der Waals surface area contributed by atoms with Crippen LogP contribution in [0.15, 0.2) is 35.4 Å². The standard InChI is InChI=1S/C15H19FN4O2S/c1-10(11-5-7-12(8-6-11)23(4,21)22)18-15-17-9-13(16)14(19-15)20(2)3/h5-10H,1-4H3,(H,17,18,19). The summed E-state index contributed by atoms with van der Waals surface area (Å²) in [5.41, 5.74) is 0.872. The van der Waals surface area contributed by atoms with Crippen LogP contribution in [0.1, 0.15) is 18.5 Å². The molecule has 1 aromatic heterocycles. The highest BCUT2D eigenvalue weighted by Gasteiger charge is 2.13. The molecule has 1 N–H and O–H groups in total. The minimum Gasteiger partial charge on any atom is -0.360 e. The van der Waals surface area contributed by atoms with Crippen LogP contribution < -0.4 is 10.2 Å². The summed E-state index contributed by atoms with van der Waals surface area (Å²) < 4.78 is 36.5. The van der Waals surface area contributed by atoms with Gasteiger partial charge in [0.1, 0.15) is 0 Å². The van der Waals surface area contributed by atoms with E-state index in [1.165, 1.54) is 6.26 Å². The largest absolute Gasteiger partial charge is 0.360 e. The van der Waals surface area contributed by atoms with Gasteiger partial charge in [0.2, 0.25) is 5.95 Å². The minimum atomic E-state index is -3.22. The van der Waals surface area contributed by atoms with E-state index in [0.29, 0.717) is 5.95 Å². The Morgan fingerprint density at radius 3 is 2.35 bits per heavy atom. The molecule has 0 aliphatic heterocycles. The van der Waals surface area contributed by atoms with Gasteiger partial charge in [0.15, 0.2) is 21.5 Å². The van der Waals surface area contributed by atoms with Crippen LogP contribution >= 0.6 is 0 Å². The molecule has 2 rings (SSSR count). The summed E-state index contributed by atoms with van der Waals surface area (Å²) in [6.45, 7) is 1.89. The average molecular weight is 338 g/mol. The first-order chi connectivity index (χ1) is 10.7. The second-order valence-corrected chi connectivity index (χ2v) is 7.48. The molecule has 0 saturated heterocycles. The Labute approximate surface area is 135 Å². The Bertz CT molecular complexity index is 792. The van der Waals surface area contributed by atoms with Crippen molar-refractivity contribution in [2.75, 3.05) is 30.6 Å². The van der Waals surface area contributed by atoms with E-state index >= 15 is 0 Å². The van der Waals surface area contributed by atoms with Gasteiger partial charge in [-0.25, -0.2) is 17.8 Å². The molecule has 0 radical (unpaired) electrons. The van der Waals surface area contributed by atoms with Crippen LogP contribution in [0, 0.1) is 5.82 Å². The lowest BCUT2D eigenvalue weighted by molar-refractivity contribution is 0.602. The van der Waals surface area contributed by atoms with Gasteiger partial charge in [-0.05, 0) is 24.6 Å². The minimum absolute atomic E-state index is 0.163. The average Bonchev–Trinajstić information content (AvgIpc) is 2.48. The number of anilines is 2. The van der Waals surface area contributed by atoms with Crippen LogP contribution in [0.2, 0.25) is 0 Å². The van der Waals surface area contributed by atoms with Gasteiger partial charge in [-0.15, -0.1) is 0 Å². The fourth-order valence-corrected chi connectivity index (χ4v) is 2.65. The first-order valence-electron chi connectivity index (χ1n) is 6.95. The second-order valence-electron chi connectivity index (χ2n) is 5.47. The molecular formula is C15H19FN4O2S. The van der Waals surface area contributed by atoms with Gasteiger partial charge in [0, 0.05) is 20.4 Å². The summed E-state index contributed by atoms with van der Waals surface area (Å²) in [5.74, 6) is 0.00243. The maximum atomic E-state index is 13.6. The second kappa shape index (κ2) is 6.49. The third kappa shape index (κ3) is 4.16. The zero-order valence-corrected chi connectivity index (χ0v) is 14.2. The van der Waals surface area contributed by atoms with E-state index in [-0.39, 0.29) is 16.8 Å². The van der Waals surface area contributed by atoms with Gasteiger partial charge < -0.3 is 10.2 Å². The van der Waals surface area contributed by atoms with Crippen molar-refractivity contribution in [2.24, 2.45) is 0 Å². The van der Waals surface area contributed by atoms with Crippen LogP contribution in [-0.4, -0.2) is 38.7 Å². The zero-order valence-electron chi connectivity index (χ0n) is 13.4. The summed E-state index contributed by atoms with van der Waals surface area (Å²) in [4.78, 5) is 9.88. The number of nitrogens with zero attached hydrogens (tertiary/aromatic N) is 3. The van der Waals surface area contributed by atoms with Crippen molar-refractivity contribution in [2.45, 2.75) is 17.9 Å². The van der Waals surface area contributed by atoms with Crippen molar-refractivity contribution >= 4 is 21.6 Å². The Morgan fingerprint density at radius 1 is 1.22 bits per heavy atom. The monoisotopic (exact) mass is 338 g/mol. The van der Waals surface area contributed by atoms with Gasteiger partial charge in [-0.2, -0.15) is 4.98 Å². The lowest BCUT2D eigenvalue weighted by Crippen LogP contribution is -2.16. The van der Waals surface area contributed by atoms with E-state index in [4.69, 9.17) is 0 Å². The number of nitrogens with one attached hydrogen (secondary N) is 1. The van der Waals surface area contributed by atoms with E-state index in [2.05, 4.69) is 15.3 Å². The number of aromatic nitrogens is 2. The Balaban J connectivity index is 2.19. The number of sulfone groups is 1. The highest BCUT2D eigenvalue weighted by Crippen LogP contribution is 2.21. The number of rotatable bonds is 5. The van der Waals surface area contributed by atoms with Gasteiger partial charge in [0.25, 0.3) is 0 Å². The molecule has 8 heteroatoms. The Morgan fingerprint density at radius 2 is 1.83 bits per heavy atom. The van der Waals surface area contributed by atoms with Crippen molar-refractivity contribution in [1.29, 1.82) is 0 Å². The van der Waals surface area contributed by atoms with Crippen LogP contribution in [0.5, 0.6) is 0 Å². The van der Waals surface area contributed by atoms with Crippen molar-refractivity contribution in [3.63, 3.8) is 0 Å². The number of hydrogen-bond donors (Lipinski definition) is 1. The molecule has 0 spiro atoms. The Hall–Kier alpha value is -2.22. The smallest absolute Gasteiger partial charge is 0.225 e. The molecule has 0 aliphatic carbocycles. The quantitative estimate of drug-likeness (QED) is 0.901. The molecule has 0 fully saturated rings. The van der Waals surface area contributed by atoms with Gasteiger partial charge in [-0.3, -0.25) is 0 Å². The molecule has 6 nitrogen and oxygen atoms in total. The molecule has 0 bridgehead atoms. The normalized spacial score (nSPS) is 12.7. The van der Waals surface area contributed by atoms with E-state index < -0.39 is 15.7 Å². The molecule has 0 saturated carbocycles. The maximum absolute atomic E-state index is 13.6. The number of hydrogen-bond acceptors (Lipinski definition) is 6. The molecule has 0 aliphatic rings. The highest BCUT2D eigenvalue weighted by atomic mass is 32.2. The number of benzene rings is 1. The molecule has 2 aromatic rings. The molecule has 0 amide bonds. The molecule has 124 valence electrons. The molecular weight excluding hydrogens is 319 g/mol. The maximum Gasteiger partial charge on any atom is 0.225 e. The summed E-state index contributed by atoms with van der Waals surface area (Å²) in [5, 5.41) is 3.07. The van der Waals surface area contributed by atoms with Gasteiger partial charge >= 0.3 is 0 Å². The van der Waals surface area contributed by atoms with Gasteiger partial charge in [0.05, 0.1) is 17.1 Å². The fraction of sp³-hybridized carbons (Fsp3) is 0.333. The molecule has 23 heavy (non-hydrogen) atoms. The van der Waals surface area contributed by atoms with E-state index in [1.807, 2.05) is 6.92 Å². The summed E-state index contributed by atoms with van der Waals surface area (Å²) in [6, 6.07) is 6.40. The van der Waals surface area contributed by atoms with Crippen molar-refractivity contribution in [3.8, 4) is 0 Å². The Kier molecular flexibility index (Phi) is 4.84. The van der Waals surface area contributed by atoms with Crippen molar-refractivity contribution in [3.05, 3.63) is 41.8 Å². The lowest BCUT2D eigenvalue weighted by Gasteiger charge is -2.17. The fourth-order valence-electron chi connectivity index (χ4n) is 2.02. The molecule has 1 heterocycles. The lowest BCUT2D eigenvalue weighted by atomic mass is 10.1. The topological polar surface area (TPSA) is 75.2 Å². The number of halogens is 1. The zero-order chi connectivity index (χ0) is 17.2. The first kappa shape index (κ1) is 17.1. The van der Waals surface area contributed by atoms with E-state index in [1.54, 1.807) is 43.3 Å². The SMILES string of the molecule is CC(Nc1ncc(F)c(N(C)C)n1)c1ccc(S(C)(=O)=O)cc1. The van der Waals surface area contributed by atoms with Crippen LogP contribution in [0.25, 0.3) is 0 Å². The summed E-state index contributed by atoms with van der Waals surface area (Å²) >= 11 is 0. The molecule has 1 unspecified atom stereocenters. The van der Waals surface area contributed by atoms with Gasteiger partial charge in [-0.1, -0.05) is 12.1 Å². The van der Waals surface area contributed by atoms with E-state index in [0.717, 1.165) is 11.8 Å². The predicted octanol–water partition coefficient (Wildman–Crippen LogP) is 2.26. The van der Waals surface area contributed by atoms with Crippen molar-refractivity contribution < 1.29 is 12.8 Å². The molecule has 1 atom stereocenters. The van der Waals surface area contributed by atoms with Crippen LogP contribution in [0.3, 0.4) is 0 Å². The summed E-state index contributed by atoms with van der Waals surface area (Å²) in [6.07, 6.45) is 2.28. The van der Waals surface area contributed by atoms with Crippen LogP contribution in [-0.2, 0) is 9.84 Å². The highest BCUT2D eigenvalue weighted by molar-refractivity contribution is 7.90. The third-order valence-corrected chi connectivity index (χ3v) is 4.43. The summed E-state index contributed by atoms with van der Waals surface area (Å²) in [7, 11) is 0.178. The van der Waals surface area contributed by atoms with E-state index in [9.17, 15) is 12.8 Å². The van der Waals surface area contributed by atoms with Crippen molar-refractivity contribution in [1.82, 2.24) is 9.97 Å². The molecule has 1 aromatic carbocycles. The predicted molar refractivity (Wildman–Crippen MR) is 87.9 cm³/mol.